The first-order chi connectivity index (χ1) is 9.65. The second-order valence-corrected chi connectivity index (χ2v) is 6.50. The molecule has 1 aromatic heterocycles. The van der Waals surface area contributed by atoms with E-state index in [9.17, 15) is 5.11 Å². The second-order valence-electron chi connectivity index (χ2n) is 4.61. The Morgan fingerprint density at radius 3 is 2.95 bits per heavy atom. The normalized spacial score (nSPS) is 12.3. The first kappa shape index (κ1) is 15.5. The third-order valence-electron chi connectivity index (χ3n) is 2.78. The molecule has 0 aliphatic rings. The van der Waals surface area contributed by atoms with Gasteiger partial charge in [-0.3, -0.25) is 0 Å². The Bertz CT molecular complexity index is 531. The van der Waals surface area contributed by atoms with E-state index in [1.165, 1.54) is 10.4 Å². The number of aliphatic hydroxyl groups is 1. The molecule has 2 N–H and O–H groups in total. The summed E-state index contributed by atoms with van der Waals surface area (Å²) in [6.07, 6.45) is -0.525. The molecule has 2 aromatic rings. The van der Waals surface area contributed by atoms with Crippen molar-refractivity contribution < 1.29 is 9.84 Å². The molecule has 0 bridgehead atoms. The van der Waals surface area contributed by atoms with Crippen LogP contribution < -0.4 is 10.1 Å². The molecule has 0 saturated heterocycles. The SMILES string of the molecule is Cc1ccc(OCC(O)CNCc2cccs2)c(Br)c1. The number of thiophene rings is 1. The Morgan fingerprint density at radius 1 is 1.40 bits per heavy atom. The number of rotatable bonds is 7. The summed E-state index contributed by atoms with van der Waals surface area (Å²) in [4.78, 5) is 1.26. The molecule has 0 radical (unpaired) electrons. The van der Waals surface area contributed by atoms with Crippen LogP contribution in [0.4, 0.5) is 0 Å². The van der Waals surface area contributed by atoms with Crippen LogP contribution in [0.25, 0.3) is 0 Å². The van der Waals surface area contributed by atoms with E-state index < -0.39 is 6.10 Å². The lowest BCUT2D eigenvalue weighted by molar-refractivity contribution is 0.106. The zero-order valence-electron chi connectivity index (χ0n) is 11.3. The van der Waals surface area contributed by atoms with Crippen LogP contribution in [-0.4, -0.2) is 24.4 Å². The molecule has 5 heteroatoms. The minimum absolute atomic E-state index is 0.277. The molecule has 0 aliphatic heterocycles. The number of hydrogen-bond acceptors (Lipinski definition) is 4. The predicted molar refractivity (Wildman–Crippen MR) is 86.4 cm³/mol. The Morgan fingerprint density at radius 2 is 2.25 bits per heavy atom. The van der Waals surface area contributed by atoms with Gasteiger partial charge in [0.15, 0.2) is 0 Å². The van der Waals surface area contributed by atoms with Gasteiger partial charge < -0.3 is 15.2 Å². The van der Waals surface area contributed by atoms with Crippen molar-refractivity contribution in [3.05, 3.63) is 50.6 Å². The smallest absolute Gasteiger partial charge is 0.133 e. The zero-order valence-corrected chi connectivity index (χ0v) is 13.7. The molecule has 0 fully saturated rings. The van der Waals surface area contributed by atoms with Gasteiger partial charge in [0, 0.05) is 18.0 Å². The van der Waals surface area contributed by atoms with Crippen LogP contribution in [-0.2, 0) is 6.54 Å². The number of nitrogens with one attached hydrogen (secondary N) is 1. The minimum Gasteiger partial charge on any atom is -0.490 e. The van der Waals surface area contributed by atoms with Crippen molar-refractivity contribution >= 4 is 27.3 Å². The third kappa shape index (κ3) is 4.90. The van der Waals surface area contributed by atoms with Crippen molar-refractivity contribution in [2.24, 2.45) is 0 Å². The Hall–Kier alpha value is -0.880. The maximum atomic E-state index is 9.89. The van der Waals surface area contributed by atoms with E-state index in [1.54, 1.807) is 11.3 Å². The van der Waals surface area contributed by atoms with Crippen LogP contribution in [0.1, 0.15) is 10.4 Å². The summed E-state index contributed by atoms with van der Waals surface area (Å²) in [5.74, 6) is 0.757. The highest BCUT2D eigenvalue weighted by Crippen LogP contribution is 2.25. The number of ether oxygens (including phenoxy) is 1. The van der Waals surface area contributed by atoms with Gasteiger partial charge in [-0.1, -0.05) is 12.1 Å². The van der Waals surface area contributed by atoms with Gasteiger partial charge in [0.25, 0.3) is 0 Å². The van der Waals surface area contributed by atoms with E-state index >= 15 is 0 Å². The molecule has 20 heavy (non-hydrogen) atoms. The van der Waals surface area contributed by atoms with Gasteiger partial charge in [0.1, 0.15) is 18.5 Å². The van der Waals surface area contributed by atoms with Crippen LogP contribution in [0.15, 0.2) is 40.2 Å². The molecule has 0 amide bonds. The van der Waals surface area contributed by atoms with Gasteiger partial charge in [0.2, 0.25) is 0 Å². The van der Waals surface area contributed by atoms with E-state index in [0.29, 0.717) is 6.54 Å². The summed E-state index contributed by atoms with van der Waals surface area (Å²) < 4.78 is 6.52. The van der Waals surface area contributed by atoms with E-state index in [0.717, 1.165) is 16.8 Å². The van der Waals surface area contributed by atoms with Gasteiger partial charge in [-0.25, -0.2) is 0 Å². The van der Waals surface area contributed by atoms with Crippen LogP contribution in [0.5, 0.6) is 5.75 Å². The van der Waals surface area contributed by atoms with Crippen LogP contribution in [0.2, 0.25) is 0 Å². The van der Waals surface area contributed by atoms with Crippen LogP contribution in [0, 0.1) is 6.92 Å². The highest BCUT2D eigenvalue weighted by molar-refractivity contribution is 9.10. The fourth-order valence-electron chi connectivity index (χ4n) is 1.74. The first-order valence-electron chi connectivity index (χ1n) is 6.45. The highest BCUT2D eigenvalue weighted by atomic mass is 79.9. The molecule has 0 spiro atoms. The third-order valence-corrected chi connectivity index (χ3v) is 4.27. The number of halogens is 1. The molecular weight excluding hydrogens is 338 g/mol. The van der Waals surface area contributed by atoms with Crippen molar-refractivity contribution in [3.8, 4) is 5.75 Å². The van der Waals surface area contributed by atoms with E-state index in [-0.39, 0.29) is 6.61 Å². The second kappa shape index (κ2) is 7.78. The van der Waals surface area contributed by atoms with Crippen molar-refractivity contribution in [2.45, 2.75) is 19.6 Å². The molecule has 1 heterocycles. The van der Waals surface area contributed by atoms with Gasteiger partial charge in [0.05, 0.1) is 4.47 Å². The minimum atomic E-state index is -0.525. The number of aryl methyl sites for hydroxylation is 1. The number of hydrogen-bond donors (Lipinski definition) is 2. The summed E-state index contributed by atoms with van der Waals surface area (Å²) in [7, 11) is 0. The molecule has 2 rings (SSSR count). The summed E-state index contributed by atoms with van der Waals surface area (Å²) in [5.41, 5.74) is 1.17. The molecule has 3 nitrogen and oxygen atoms in total. The van der Waals surface area contributed by atoms with Gasteiger partial charge in [-0.05, 0) is 52.0 Å². The Labute approximate surface area is 131 Å². The van der Waals surface area contributed by atoms with Crippen molar-refractivity contribution in [2.75, 3.05) is 13.2 Å². The summed E-state index contributed by atoms with van der Waals surface area (Å²) in [6, 6.07) is 9.99. The lowest BCUT2D eigenvalue weighted by Gasteiger charge is -2.14. The topological polar surface area (TPSA) is 41.5 Å². The Balaban J connectivity index is 1.70. The van der Waals surface area contributed by atoms with Gasteiger partial charge >= 0.3 is 0 Å². The first-order valence-corrected chi connectivity index (χ1v) is 8.12. The molecule has 1 aromatic carbocycles. The quantitative estimate of drug-likeness (QED) is 0.800. The molecule has 0 aliphatic carbocycles. The van der Waals surface area contributed by atoms with Crippen molar-refractivity contribution in [3.63, 3.8) is 0 Å². The van der Waals surface area contributed by atoms with Crippen LogP contribution >= 0.6 is 27.3 Å². The predicted octanol–water partition coefficient (Wildman–Crippen LogP) is 3.35. The highest BCUT2D eigenvalue weighted by Gasteiger charge is 2.07. The van der Waals surface area contributed by atoms with Gasteiger partial charge in [-0.2, -0.15) is 0 Å². The summed E-state index contributed by atoms with van der Waals surface area (Å²) in [6.45, 7) is 3.60. The number of benzene rings is 1. The molecular formula is C15H18BrNO2S. The molecule has 0 saturated carbocycles. The molecule has 1 atom stereocenters. The fraction of sp³-hybridized carbons (Fsp3) is 0.333. The Kier molecular flexibility index (Phi) is 6.04. The lowest BCUT2D eigenvalue weighted by atomic mass is 10.2. The lowest BCUT2D eigenvalue weighted by Crippen LogP contribution is -2.31. The van der Waals surface area contributed by atoms with Crippen molar-refractivity contribution in [1.82, 2.24) is 5.32 Å². The number of aliphatic hydroxyl groups excluding tert-OH is 1. The standard InChI is InChI=1S/C15H18BrNO2S/c1-11-4-5-15(14(16)7-11)19-10-12(18)8-17-9-13-3-2-6-20-13/h2-7,12,17-18H,8-10H2,1H3. The fourth-order valence-corrected chi connectivity index (χ4v) is 3.03. The maximum absolute atomic E-state index is 9.89. The zero-order chi connectivity index (χ0) is 14.4. The van der Waals surface area contributed by atoms with E-state index in [2.05, 4.69) is 27.3 Å². The van der Waals surface area contributed by atoms with Gasteiger partial charge in [-0.15, -0.1) is 11.3 Å². The molecule has 108 valence electrons. The van der Waals surface area contributed by atoms with Crippen LogP contribution in [0.3, 0.4) is 0 Å². The maximum Gasteiger partial charge on any atom is 0.133 e. The van der Waals surface area contributed by atoms with Crippen molar-refractivity contribution in [1.29, 1.82) is 0 Å². The average Bonchev–Trinajstić information content (AvgIpc) is 2.91. The van der Waals surface area contributed by atoms with E-state index in [1.807, 2.05) is 36.6 Å². The summed E-state index contributed by atoms with van der Waals surface area (Å²) in [5, 5.41) is 15.1. The van der Waals surface area contributed by atoms with E-state index in [4.69, 9.17) is 4.74 Å². The largest absolute Gasteiger partial charge is 0.490 e. The average molecular weight is 356 g/mol. The monoisotopic (exact) mass is 355 g/mol. The molecule has 1 unspecified atom stereocenters. The summed E-state index contributed by atoms with van der Waals surface area (Å²) >= 11 is 5.16.